The van der Waals surface area contributed by atoms with Gasteiger partial charge < -0.3 is 9.53 Å². The molecule has 0 saturated carbocycles. The molecule has 0 heterocycles. The van der Waals surface area contributed by atoms with Gasteiger partial charge in [0.2, 0.25) is 8.32 Å². The lowest BCUT2D eigenvalue weighted by molar-refractivity contribution is 0.414. The zero-order valence-electron chi connectivity index (χ0n) is 10.8. The summed E-state index contributed by atoms with van der Waals surface area (Å²) in [5.74, 6) is 0.819. The molecule has 0 unspecified atom stereocenters. The minimum atomic E-state index is -2.47. The van der Waals surface area contributed by atoms with E-state index in [0.29, 0.717) is 0 Å². The van der Waals surface area contributed by atoms with E-state index in [-0.39, 0.29) is 11.1 Å². The molecule has 0 aliphatic heterocycles. The summed E-state index contributed by atoms with van der Waals surface area (Å²) in [6, 6.07) is 7.85. The molecule has 0 aromatic heterocycles. The van der Waals surface area contributed by atoms with Crippen molar-refractivity contribution >= 4 is 13.5 Å². The van der Waals surface area contributed by atoms with Gasteiger partial charge in [-0.2, -0.15) is 0 Å². The third kappa shape index (κ3) is 2.15. The molecule has 1 rings (SSSR count). The highest BCUT2D eigenvalue weighted by Gasteiger charge is 2.42. The van der Waals surface area contributed by atoms with Gasteiger partial charge in [-0.1, -0.05) is 45.9 Å². The van der Waals surface area contributed by atoms with Crippen LogP contribution in [0.2, 0.25) is 11.1 Å². The molecule has 90 valence electrons. The Morgan fingerprint density at radius 2 is 1.56 bits per heavy atom. The van der Waals surface area contributed by atoms with Crippen molar-refractivity contribution in [3.8, 4) is 5.75 Å². The molecule has 0 saturated heterocycles. The largest absolute Gasteiger partial charge is 0.497 e. The van der Waals surface area contributed by atoms with E-state index in [0.717, 1.165) is 10.9 Å². The fraction of sp³-hybridized carbons (Fsp3) is 0.538. The quantitative estimate of drug-likeness (QED) is 0.817. The van der Waals surface area contributed by atoms with Crippen LogP contribution in [0.4, 0.5) is 0 Å². The average Bonchev–Trinajstić information content (AvgIpc) is 2.27. The molecule has 0 atom stereocenters. The van der Waals surface area contributed by atoms with Crippen LogP contribution in [0, 0.1) is 0 Å². The van der Waals surface area contributed by atoms with Gasteiger partial charge in [0.25, 0.3) is 0 Å². The van der Waals surface area contributed by atoms with Crippen molar-refractivity contribution in [3.63, 3.8) is 0 Å². The molecule has 2 nitrogen and oxygen atoms in total. The monoisotopic (exact) mass is 238 g/mol. The van der Waals surface area contributed by atoms with Gasteiger partial charge in [0.1, 0.15) is 5.75 Å². The molecule has 0 bridgehead atoms. The minimum Gasteiger partial charge on any atom is -0.497 e. The first kappa shape index (κ1) is 13.3. The lowest BCUT2D eigenvalue weighted by Crippen LogP contribution is -2.53. The summed E-state index contributed by atoms with van der Waals surface area (Å²) in [6.45, 7) is 8.38. The number of benzene rings is 1. The summed E-state index contributed by atoms with van der Waals surface area (Å²) in [7, 11) is -0.810. The number of para-hydroxylation sites is 1. The van der Waals surface area contributed by atoms with Crippen molar-refractivity contribution in [2.24, 2.45) is 0 Å². The van der Waals surface area contributed by atoms with Gasteiger partial charge in [-0.3, -0.25) is 0 Å². The summed E-state index contributed by atoms with van der Waals surface area (Å²) in [6.07, 6.45) is 0. The summed E-state index contributed by atoms with van der Waals surface area (Å²) in [5.41, 5.74) is 0.563. The zero-order valence-corrected chi connectivity index (χ0v) is 11.8. The van der Waals surface area contributed by atoms with Crippen LogP contribution in [0.5, 0.6) is 5.75 Å². The second-order valence-corrected chi connectivity index (χ2v) is 9.33. The van der Waals surface area contributed by atoms with Gasteiger partial charge in [0, 0.05) is 5.19 Å². The Morgan fingerprint density at radius 3 is 2.00 bits per heavy atom. The van der Waals surface area contributed by atoms with Gasteiger partial charge in [0.15, 0.2) is 0 Å². The van der Waals surface area contributed by atoms with Crippen LogP contribution in [0.1, 0.15) is 27.7 Å². The van der Waals surface area contributed by atoms with Crippen LogP contribution < -0.4 is 9.92 Å². The van der Waals surface area contributed by atoms with E-state index in [2.05, 4.69) is 27.7 Å². The van der Waals surface area contributed by atoms with Crippen LogP contribution in [0.25, 0.3) is 0 Å². The first-order valence-electron chi connectivity index (χ1n) is 5.80. The maximum atomic E-state index is 11.0. The maximum Gasteiger partial charge on any atom is 0.228 e. The van der Waals surface area contributed by atoms with Crippen molar-refractivity contribution in [1.29, 1.82) is 0 Å². The van der Waals surface area contributed by atoms with Gasteiger partial charge in [-0.25, -0.2) is 0 Å². The molecule has 1 aromatic rings. The second-order valence-electron chi connectivity index (χ2n) is 4.84. The molecule has 1 N–H and O–H groups in total. The summed E-state index contributed by atoms with van der Waals surface area (Å²) in [4.78, 5) is 11.0. The fourth-order valence-electron chi connectivity index (χ4n) is 2.26. The Bertz CT molecular complexity index is 340. The Hall–Kier alpha value is -0.803. The highest BCUT2D eigenvalue weighted by molar-refractivity contribution is 6.88. The summed E-state index contributed by atoms with van der Waals surface area (Å²) < 4.78 is 5.37. The van der Waals surface area contributed by atoms with Crippen LogP contribution >= 0.6 is 0 Å². The fourth-order valence-corrected chi connectivity index (χ4v) is 5.78. The van der Waals surface area contributed by atoms with Gasteiger partial charge in [-0.05, 0) is 17.1 Å². The number of hydrogen-bond acceptors (Lipinski definition) is 2. The summed E-state index contributed by atoms with van der Waals surface area (Å²) >= 11 is 0. The van der Waals surface area contributed by atoms with E-state index >= 15 is 0 Å². The van der Waals surface area contributed by atoms with E-state index in [1.54, 1.807) is 7.11 Å². The molecule has 3 heteroatoms. The zero-order chi connectivity index (χ0) is 12.3. The van der Waals surface area contributed by atoms with Crippen LogP contribution in [-0.4, -0.2) is 20.2 Å². The van der Waals surface area contributed by atoms with Crippen molar-refractivity contribution < 1.29 is 9.53 Å². The molecular weight excluding hydrogens is 216 g/mol. The van der Waals surface area contributed by atoms with Gasteiger partial charge >= 0.3 is 0 Å². The topological polar surface area (TPSA) is 29.5 Å². The number of rotatable bonds is 4. The SMILES string of the molecule is COc1ccccc1[Si](O)(C(C)C)C(C)C. The van der Waals surface area contributed by atoms with Crippen molar-refractivity contribution in [3.05, 3.63) is 24.3 Å². The second kappa shape index (κ2) is 5.02. The minimum absolute atomic E-state index is 0.281. The normalized spacial score (nSPS) is 12.2. The molecule has 1 aromatic carbocycles. The van der Waals surface area contributed by atoms with Crippen molar-refractivity contribution in [1.82, 2.24) is 0 Å². The first-order chi connectivity index (χ1) is 7.44. The predicted octanol–water partition coefficient (Wildman–Crippen LogP) is 2.66. The lowest BCUT2D eigenvalue weighted by atomic mass is 10.3. The maximum absolute atomic E-state index is 11.0. The molecule has 16 heavy (non-hydrogen) atoms. The number of methoxy groups -OCH3 is 1. The molecule has 0 radical (unpaired) electrons. The Labute approximate surface area is 99.4 Å². The molecule has 0 amide bonds. The first-order valence-corrected chi connectivity index (χ1v) is 7.90. The van der Waals surface area contributed by atoms with Crippen molar-refractivity contribution in [2.45, 2.75) is 38.8 Å². The van der Waals surface area contributed by atoms with Crippen LogP contribution in [-0.2, 0) is 0 Å². The molecule has 0 aliphatic carbocycles. The highest BCUT2D eigenvalue weighted by Crippen LogP contribution is 2.31. The third-order valence-electron chi connectivity index (χ3n) is 3.30. The van der Waals surface area contributed by atoms with E-state index < -0.39 is 8.32 Å². The van der Waals surface area contributed by atoms with Crippen LogP contribution in [0.15, 0.2) is 24.3 Å². The Kier molecular flexibility index (Phi) is 4.16. The molecule has 0 fully saturated rings. The van der Waals surface area contributed by atoms with Crippen molar-refractivity contribution in [2.75, 3.05) is 7.11 Å². The lowest BCUT2D eigenvalue weighted by Gasteiger charge is -2.34. The Morgan fingerprint density at radius 1 is 1.06 bits per heavy atom. The van der Waals surface area contributed by atoms with E-state index in [1.165, 1.54) is 0 Å². The van der Waals surface area contributed by atoms with E-state index in [1.807, 2.05) is 24.3 Å². The average molecular weight is 238 g/mol. The predicted molar refractivity (Wildman–Crippen MR) is 70.8 cm³/mol. The summed E-state index contributed by atoms with van der Waals surface area (Å²) in [5, 5.41) is 1.02. The van der Waals surface area contributed by atoms with Crippen LogP contribution in [0.3, 0.4) is 0 Å². The highest BCUT2D eigenvalue weighted by atomic mass is 28.4. The van der Waals surface area contributed by atoms with Gasteiger partial charge in [0.05, 0.1) is 7.11 Å². The third-order valence-corrected chi connectivity index (χ3v) is 8.10. The van der Waals surface area contributed by atoms with E-state index in [4.69, 9.17) is 4.74 Å². The van der Waals surface area contributed by atoms with Gasteiger partial charge in [-0.15, -0.1) is 0 Å². The number of ether oxygens (including phenoxy) is 1. The Balaban J connectivity index is 3.32. The molecule has 0 spiro atoms. The standard InChI is InChI=1S/C13H22O2Si/c1-10(2)16(14,11(3)4)13-9-7-6-8-12(13)15-5/h6-11,14H,1-5H3. The molecular formula is C13H22O2Si. The molecule has 0 aliphatic rings. The number of hydrogen-bond donors (Lipinski definition) is 1. The van der Waals surface area contributed by atoms with E-state index in [9.17, 15) is 4.80 Å². The smallest absolute Gasteiger partial charge is 0.228 e.